The van der Waals surface area contributed by atoms with E-state index in [0.29, 0.717) is 5.56 Å². The number of thiazole rings is 1. The van der Waals surface area contributed by atoms with Crippen molar-refractivity contribution in [1.29, 1.82) is 0 Å². The Hall–Kier alpha value is -1.33. The minimum atomic E-state index is -0.905. The van der Waals surface area contributed by atoms with E-state index in [4.69, 9.17) is 5.11 Å². The van der Waals surface area contributed by atoms with E-state index in [0.717, 1.165) is 22.0 Å². The van der Waals surface area contributed by atoms with Gasteiger partial charge in [0.15, 0.2) is 0 Å². The summed E-state index contributed by atoms with van der Waals surface area (Å²) in [5.74, 6) is 0.00984. The fourth-order valence-electron chi connectivity index (χ4n) is 1.42. The van der Waals surface area contributed by atoms with Gasteiger partial charge in [0, 0.05) is 16.7 Å². The second-order valence-corrected chi connectivity index (χ2v) is 5.25. The number of hydrogen-bond donors (Lipinski definition) is 1. The lowest BCUT2D eigenvalue weighted by Gasteiger charge is -1.97. The van der Waals surface area contributed by atoms with Crippen LogP contribution in [0.4, 0.5) is 0 Å². The third-order valence-corrected chi connectivity index (χ3v) is 3.84. The molecule has 0 aliphatic heterocycles. The molecule has 0 spiro atoms. The summed E-state index contributed by atoms with van der Waals surface area (Å²) in [7, 11) is 0. The first-order valence-electron chi connectivity index (χ1n) is 4.98. The smallest absolute Gasteiger partial charge is 0.335 e. The van der Waals surface area contributed by atoms with Crippen LogP contribution in [0.15, 0.2) is 29.6 Å². The summed E-state index contributed by atoms with van der Waals surface area (Å²) in [5, 5.41) is 11.9. The lowest BCUT2D eigenvalue weighted by atomic mass is 10.1. The van der Waals surface area contributed by atoms with Crippen LogP contribution in [0.25, 0.3) is 11.3 Å². The third-order valence-electron chi connectivity index (χ3n) is 2.25. The van der Waals surface area contributed by atoms with Crippen molar-refractivity contribution < 1.29 is 9.90 Å². The van der Waals surface area contributed by atoms with Gasteiger partial charge < -0.3 is 5.11 Å². The van der Waals surface area contributed by atoms with Crippen LogP contribution >= 0.6 is 23.1 Å². The van der Waals surface area contributed by atoms with E-state index in [1.165, 1.54) is 0 Å². The van der Waals surface area contributed by atoms with E-state index < -0.39 is 5.97 Å². The fourth-order valence-corrected chi connectivity index (χ4v) is 2.94. The number of aromatic nitrogens is 1. The predicted octanol–water partition coefficient (Wildman–Crippen LogP) is 3.37. The van der Waals surface area contributed by atoms with Crippen molar-refractivity contribution in [2.45, 2.75) is 5.75 Å². The molecule has 5 heteroatoms. The Labute approximate surface area is 108 Å². The third kappa shape index (κ3) is 2.87. The van der Waals surface area contributed by atoms with Crippen LogP contribution < -0.4 is 0 Å². The first-order valence-corrected chi connectivity index (χ1v) is 7.25. The Morgan fingerprint density at radius 2 is 2.12 bits per heavy atom. The summed E-state index contributed by atoms with van der Waals surface area (Å²) < 4.78 is 0. The molecule has 0 bridgehead atoms. The molecule has 1 N–H and O–H groups in total. The molecule has 0 atom stereocenters. The monoisotopic (exact) mass is 265 g/mol. The molecule has 0 amide bonds. The zero-order chi connectivity index (χ0) is 12.3. The molecule has 88 valence electrons. The maximum Gasteiger partial charge on any atom is 0.335 e. The minimum absolute atomic E-state index is 0.299. The van der Waals surface area contributed by atoms with Crippen LogP contribution in [0.3, 0.4) is 0 Å². The van der Waals surface area contributed by atoms with Crippen molar-refractivity contribution >= 4 is 29.1 Å². The normalized spacial score (nSPS) is 10.4. The second-order valence-electron chi connectivity index (χ2n) is 3.44. The summed E-state index contributed by atoms with van der Waals surface area (Å²) in [5.41, 5.74) is 2.17. The molecule has 0 saturated heterocycles. The van der Waals surface area contributed by atoms with Crippen LogP contribution in [-0.2, 0) is 5.75 Å². The van der Waals surface area contributed by atoms with Crippen LogP contribution in [0, 0.1) is 0 Å². The summed E-state index contributed by atoms with van der Waals surface area (Å²) in [6, 6.07) is 6.79. The van der Waals surface area contributed by atoms with Gasteiger partial charge in [0.1, 0.15) is 5.01 Å². The van der Waals surface area contributed by atoms with Gasteiger partial charge in [0.2, 0.25) is 0 Å². The average molecular weight is 265 g/mol. The maximum absolute atomic E-state index is 10.7. The van der Waals surface area contributed by atoms with Crippen molar-refractivity contribution in [2.24, 2.45) is 0 Å². The van der Waals surface area contributed by atoms with Gasteiger partial charge in [-0.15, -0.1) is 11.3 Å². The molecule has 1 heterocycles. The maximum atomic E-state index is 10.7. The zero-order valence-electron chi connectivity index (χ0n) is 9.21. The quantitative estimate of drug-likeness (QED) is 0.920. The van der Waals surface area contributed by atoms with Crippen LogP contribution in [0.1, 0.15) is 15.4 Å². The molecular weight excluding hydrogens is 254 g/mol. The SMILES string of the molecule is CSCc1nc(-c2ccc(C(=O)O)cc2)cs1. The van der Waals surface area contributed by atoms with Gasteiger partial charge in [-0.3, -0.25) is 0 Å². The molecule has 0 saturated carbocycles. The number of carbonyl (C=O) groups is 1. The summed E-state index contributed by atoms with van der Waals surface area (Å²) in [4.78, 5) is 15.2. The Balaban J connectivity index is 2.23. The van der Waals surface area contributed by atoms with Crippen molar-refractivity contribution in [3.63, 3.8) is 0 Å². The van der Waals surface area contributed by atoms with Gasteiger partial charge in [-0.1, -0.05) is 12.1 Å². The van der Waals surface area contributed by atoms with Gasteiger partial charge in [-0.05, 0) is 18.4 Å². The molecular formula is C12H11NO2S2. The molecule has 1 aromatic heterocycles. The second kappa shape index (κ2) is 5.33. The van der Waals surface area contributed by atoms with E-state index in [9.17, 15) is 4.79 Å². The van der Waals surface area contributed by atoms with Crippen LogP contribution in [-0.4, -0.2) is 22.3 Å². The average Bonchev–Trinajstić information content (AvgIpc) is 2.78. The summed E-state index contributed by atoms with van der Waals surface area (Å²) >= 11 is 3.37. The molecule has 0 unspecified atom stereocenters. The number of thioether (sulfide) groups is 1. The van der Waals surface area contributed by atoms with Crippen molar-refractivity contribution in [3.05, 3.63) is 40.2 Å². The largest absolute Gasteiger partial charge is 0.478 e. The Kier molecular flexibility index (Phi) is 3.81. The minimum Gasteiger partial charge on any atom is -0.478 e. The topological polar surface area (TPSA) is 50.2 Å². The molecule has 0 fully saturated rings. The highest BCUT2D eigenvalue weighted by molar-refractivity contribution is 7.97. The lowest BCUT2D eigenvalue weighted by molar-refractivity contribution is 0.0697. The summed E-state index contributed by atoms with van der Waals surface area (Å²) in [6.45, 7) is 0. The van der Waals surface area contributed by atoms with E-state index in [1.807, 2.05) is 11.6 Å². The molecule has 0 radical (unpaired) electrons. The Morgan fingerprint density at radius 1 is 1.41 bits per heavy atom. The number of rotatable bonds is 4. The highest BCUT2D eigenvalue weighted by Crippen LogP contribution is 2.24. The van der Waals surface area contributed by atoms with Gasteiger partial charge >= 0.3 is 5.97 Å². The number of nitrogens with zero attached hydrogens (tertiary/aromatic N) is 1. The van der Waals surface area contributed by atoms with Gasteiger partial charge in [-0.25, -0.2) is 9.78 Å². The first-order chi connectivity index (χ1) is 8.20. The fraction of sp³-hybridized carbons (Fsp3) is 0.167. The molecule has 0 aliphatic rings. The lowest BCUT2D eigenvalue weighted by Crippen LogP contribution is -1.94. The van der Waals surface area contributed by atoms with Crippen LogP contribution in [0.2, 0.25) is 0 Å². The zero-order valence-corrected chi connectivity index (χ0v) is 10.8. The van der Waals surface area contributed by atoms with E-state index in [-0.39, 0.29) is 0 Å². The van der Waals surface area contributed by atoms with Gasteiger partial charge in [-0.2, -0.15) is 11.8 Å². The number of hydrogen-bond acceptors (Lipinski definition) is 4. The van der Waals surface area contributed by atoms with Gasteiger partial charge in [0.05, 0.1) is 11.3 Å². The van der Waals surface area contributed by atoms with E-state index in [1.54, 1.807) is 47.4 Å². The highest BCUT2D eigenvalue weighted by atomic mass is 32.2. The van der Waals surface area contributed by atoms with Gasteiger partial charge in [0.25, 0.3) is 0 Å². The molecule has 2 aromatic rings. The standard InChI is InChI=1S/C12H11NO2S2/c1-16-7-11-13-10(6-17-11)8-2-4-9(5-3-8)12(14)15/h2-6H,7H2,1H3,(H,14,15). The number of carboxylic acid groups (broad SMARTS) is 1. The first kappa shape index (κ1) is 12.1. The van der Waals surface area contributed by atoms with Crippen LogP contribution in [0.5, 0.6) is 0 Å². The molecule has 1 aromatic carbocycles. The van der Waals surface area contributed by atoms with Crippen molar-refractivity contribution in [1.82, 2.24) is 4.98 Å². The molecule has 2 rings (SSSR count). The van der Waals surface area contributed by atoms with Crippen molar-refractivity contribution in [2.75, 3.05) is 6.26 Å². The van der Waals surface area contributed by atoms with E-state index in [2.05, 4.69) is 4.98 Å². The Morgan fingerprint density at radius 3 is 2.71 bits per heavy atom. The Bertz CT molecular complexity index is 520. The number of benzene rings is 1. The highest BCUT2D eigenvalue weighted by Gasteiger charge is 2.06. The summed E-state index contributed by atoms with van der Waals surface area (Å²) in [6.07, 6.45) is 2.04. The predicted molar refractivity (Wildman–Crippen MR) is 71.7 cm³/mol. The van der Waals surface area contributed by atoms with E-state index >= 15 is 0 Å². The number of carboxylic acids is 1. The molecule has 3 nitrogen and oxygen atoms in total. The number of aromatic carboxylic acids is 1. The molecule has 17 heavy (non-hydrogen) atoms. The van der Waals surface area contributed by atoms with Crippen molar-refractivity contribution in [3.8, 4) is 11.3 Å². The molecule has 0 aliphatic carbocycles.